The third-order valence-corrected chi connectivity index (χ3v) is 5.85. The van der Waals surface area contributed by atoms with Crippen molar-refractivity contribution in [3.05, 3.63) is 11.1 Å². The van der Waals surface area contributed by atoms with Crippen LogP contribution < -0.4 is 5.73 Å². The SMILES string of the molecule is CCN(CC)CC.Nc1ncnc2c1nc(Br)n2[C@@H]1O[C@H](COP(=O)(O)O)[C@@H](O)[C@H]1O. The summed E-state index contributed by atoms with van der Waals surface area (Å²) in [4.78, 5) is 31.8. The zero-order valence-corrected chi connectivity index (χ0v) is 19.8. The van der Waals surface area contributed by atoms with Crippen molar-refractivity contribution in [3.8, 4) is 0 Å². The number of ether oxygens (including phenoxy) is 1. The first-order chi connectivity index (χ1) is 14.5. The third kappa shape index (κ3) is 6.40. The molecule has 2 aromatic heterocycles. The number of phosphoric ester groups is 1. The molecule has 3 heterocycles. The number of hydrogen-bond donors (Lipinski definition) is 5. The van der Waals surface area contributed by atoms with E-state index in [0.717, 1.165) is 0 Å². The highest BCUT2D eigenvalue weighted by Gasteiger charge is 2.45. The highest BCUT2D eigenvalue weighted by atomic mass is 79.9. The Hall–Kier alpha value is -1.22. The van der Waals surface area contributed by atoms with Gasteiger partial charge < -0.3 is 35.4 Å². The average molecular weight is 527 g/mol. The van der Waals surface area contributed by atoms with Crippen molar-refractivity contribution < 1.29 is 33.8 Å². The van der Waals surface area contributed by atoms with Crippen LogP contribution in [0.15, 0.2) is 11.1 Å². The molecule has 31 heavy (non-hydrogen) atoms. The minimum atomic E-state index is -4.74. The number of rotatable bonds is 7. The van der Waals surface area contributed by atoms with E-state index in [4.69, 9.17) is 20.3 Å². The highest BCUT2D eigenvalue weighted by Crippen LogP contribution is 2.39. The molecule has 4 atom stereocenters. The summed E-state index contributed by atoms with van der Waals surface area (Å²) in [5.74, 6) is 0.119. The Morgan fingerprint density at radius 3 is 2.35 bits per heavy atom. The Labute approximate surface area is 187 Å². The number of imidazole rings is 1. The largest absolute Gasteiger partial charge is 0.469 e. The summed E-state index contributed by atoms with van der Waals surface area (Å²) in [5, 5.41) is 20.2. The van der Waals surface area contributed by atoms with Gasteiger partial charge >= 0.3 is 7.82 Å². The van der Waals surface area contributed by atoms with E-state index >= 15 is 0 Å². The number of fused-ring (bicyclic) bond motifs is 1. The number of nitrogen functional groups attached to an aromatic ring is 1. The summed E-state index contributed by atoms with van der Waals surface area (Å²) in [6, 6.07) is 0. The molecule has 15 heteroatoms. The first kappa shape index (κ1) is 26.0. The predicted octanol–water partition coefficient (Wildman–Crippen LogP) is 0.248. The zero-order chi connectivity index (χ0) is 23.3. The fourth-order valence-corrected chi connectivity index (χ4v) is 3.93. The fraction of sp³-hybridized carbons (Fsp3) is 0.688. The van der Waals surface area contributed by atoms with Gasteiger partial charge in [-0.25, -0.2) is 19.5 Å². The number of hydrogen-bond acceptors (Lipinski definition) is 10. The topological polar surface area (TPSA) is 189 Å². The molecule has 0 aliphatic carbocycles. The van der Waals surface area contributed by atoms with E-state index in [0.29, 0.717) is 0 Å². The number of nitrogens with two attached hydrogens (primary N) is 1. The summed E-state index contributed by atoms with van der Waals surface area (Å²) in [5.41, 5.74) is 6.23. The van der Waals surface area contributed by atoms with Gasteiger partial charge in [0.25, 0.3) is 0 Å². The Bertz CT molecular complexity index is 902. The molecule has 6 N–H and O–H groups in total. The second-order valence-electron chi connectivity index (χ2n) is 6.63. The molecule has 1 saturated heterocycles. The van der Waals surface area contributed by atoms with E-state index < -0.39 is 39.0 Å². The van der Waals surface area contributed by atoms with Crippen molar-refractivity contribution in [2.75, 3.05) is 32.0 Å². The summed E-state index contributed by atoms with van der Waals surface area (Å²) in [6.45, 7) is 9.51. The van der Waals surface area contributed by atoms with Crippen LogP contribution >= 0.6 is 23.8 Å². The van der Waals surface area contributed by atoms with Gasteiger partial charge in [-0.1, -0.05) is 20.8 Å². The van der Waals surface area contributed by atoms with E-state index in [-0.39, 0.29) is 21.7 Å². The number of halogens is 1. The van der Waals surface area contributed by atoms with Crippen LogP contribution in [0.3, 0.4) is 0 Å². The second kappa shape index (κ2) is 11.1. The lowest BCUT2D eigenvalue weighted by atomic mass is 10.1. The molecule has 2 aromatic rings. The minimum Gasteiger partial charge on any atom is -0.387 e. The van der Waals surface area contributed by atoms with Gasteiger partial charge in [0, 0.05) is 0 Å². The maximum Gasteiger partial charge on any atom is 0.469 e. The molecule has 1 fully saturated rings. The first-order valence-corrected chi connectivity index (χ1v) is 11.9. The second-order valence-corrected chi connectivity index (χ2v) is 8.58. The van der Waals surface area contributed by atoms with Crippen molar-refractivity contribution >= 4 is 40.7 Å². The maximum atomic E-state index is 10.8. The number of nitrogens with zero attached hydrogens (tertiary/aromatic N) is 5. The van der Waals surface area contributed by atoms with Crippen molar-refractivity contribution in [1.29, 1.82) is 0 Å². The van der Waals surface area contributed by atoms with E-state index in [1.807, 2.05) is 0 Å². The van der Waals surface area contributed by atoms with Crippen LogP contribution in [-0.2, 0) is 13.8 Å². The molecule has 0 spiro atoms. The molecule has 0 amide bonds. The van der Waals surface area contributed by atoms with Crippen molar-refractivity contribution in [2.45, 2.75) is 45.3 Å². The number of anilines is 1. The summed E-state index contributed by atoms with van der Waals surface area (Å²) in [6.07, 6.45) is -3.94. The molecule has 0 bridgehead atoms. The molecule has 0 aromatic carbocycles. The molecule has 0 saturated carbocycles. The predicted molar refractivity (Wildman–Crippen MR) is 115 cm³/mol. The minimum absolute atomic E-state index is 0.119. The van der Waals surface area contributed by atoms with Gasteiger partial charge in [-0.15, -0.1) is 0 Å². The van der Waals surface area contributed by atoms with Crippen molar-refractivity contribution in [1.82, 2.24) is 24.4 Å². The van der Waals surface area contributed by atoms with Gasteiger partial charge in [0.05, 0.1) is 6.61 Å². The molecule has 176 valence electrons. The van der Waals surface area contributed by atoms with Gasteiger partial charge in [-0.2, -0.15) is 0 Å². The van der Waals surface area contributed by atoms with Crippen molar-refractivity contribution in [2.24, 2.45) is 0 Å². The number of aliphatic hydroxyl groups is 2. The maximum absolute atomic E-state index is 10.8. The van der Waals surface area contributed by atoms with Gasteiger partial charge in [-0.3, -0.25) is 9.09 Å². The Morgan fingerprint density at radius 1 is 1.23 bits per heavy atom. The number of aliphatic hydroxyl groups excluding tert-OH is 2. The van der Waals surface area contributed by atoms with E-state index in [1.165, 1.54) is 30.5 Å². The first-order valence-electron chi connectivity index (χ1n) is 9.61. The lowest BCUT2D eigenvalue weighted by Gasteiger charge is -2.17. The van der Waals surface area contributed by atoms with Crippen molar-refractivity contribution in [3.63, 3.8) is 0 Å². The fourth-order valence-electron chi connectivity index (χ4n) is 3.05. The number of aromatic nitrogens is 4. The Balaban J connectivity index is 0.000000423. The van der Waals surface area contributed by atoms with E-state index in [9.17, 15) is 14.8 Å². The molecular weight excluding hydrogens is 499 g/mol. The van der Waals surface area contributed by atoms with Gasteiger partial charge in [0.2, 0.25) is 0 Å². The summed E-state index contributed by atoms with van der Waals surface area (Å²) < 4.78 is 22.1. The van der Waals surface area contributed by atoms with Crippen LogP contribution in [-0.4, -0.2) is 89.0 Å². The smallest absolute Gasteiger partial charge is 0.387 e. The van der Waals surface area contributed by atoms with E-state index in [2.05, 4.69) is 61.1 Å². The van der Waals surface area contributed by atoms with E-state index in [1.54, 1.807) is 0 Å². The average Bonchev–Trinajstić information content (AvgIpc) is 3.19. The summed E-state index contributed by atoms with van der Waals surface area (Å²) in [7, 11) is -4.74. The van der Waals surface area contributed by atoms with Crippen LogP contribution in [0.2, 0.25) is 0 Å². The third-order valence-electron chi connectivity index (χ3n) is 4.80. The highest BCUT2D eigenvalue weighted by molar-refractivity contribution is 9.10. The standard InChI is InChI=1S/C10H13BrN5O7P.C6H15N/c11-10-15-4-7(12)13-2-14-8(4)16(10)9-6(18)5(17)3(23-9)1-22-24(19,20)21;1-4-7(5-2)6-3/h2-3,5-6,9,17-18H,1H2,(H2,12,13,14)(H2,19,20,21);4-6H2,1-3H3/t3-,5-,6-,9-;/m1./s1. The summed E-state index contributed by atoms with van der Waals surface area (Å²) >= 11 is 3.19. The monoisotopic (exact) mass is 526 g/mol. The van der Waals surface area contributed by atoms with Gasteiger partial charge in [-0.05, 0) is 35.6 Å². The quantitative estimate of drug-likeness (QED) is 0.244. The van der Waals surface area contributed by atoms with Gasteiger partial charge in [0.15, 0.2) is 27.9 Å². The molecule has 1 aliphatic heterocycles. The Kier molecular flexibility index (Phi) is 9.30. The van der Waals surface area contributed by atoms with Gasteiger partial charge in [0.1, 0.15) is 24.6 Å². The Morgan fingerprint density at radius 2 is 1.84 bits per heavy atom. The molecule has 0 radical (unpaired) electrons. The molecule has 0 unspecified atom stereocenters. The molecule has 13 nitrogen and oxygen atoms in total. The lowest BCUT2D eigenvalue weighted by Crippen LogP contribution is -2.33. The van der Waals surface area contributed by atoms with Crippen LogP contribution in [0.5, 0.6) is 0 Å². The van der Waals surface area contributed by atoms with Crippen LogP contribution in [0, 0.1) is 0 Å². The molecule has 1 aliphatic rings. The van der Waals surface area contributed by atoms with Crippen LogP contribution in [0.1, 0.15) is 27.0 Å². The normalized spacial score (nSPS) is 23.9. The van der Waals surface area contributed by atoms with Crippen LogP contribution in [0.25, 0.3) is 11.2 Å². The number of phosphoric acid groups is 1. The molecular formula is C16H28BrN6O7P. The van der Waals surface area contributed by atoms with Crippen LogP contribution in [0.4, 0.5) is 5.82 Å². The lowest BCUT2D eigenvalue weighted by molar-refractivity contribution is -0.0514. The molecule has 3 rings (SSSR count). The zero-order valence-electron chi connectivity index (χ0n) is 17.4.